The molecule has 0 fully saturated rings. The van der Waals surface area contributed by atoms with E-state index in [-0.39, 0.29) is 0 Å². The lowest BCUT2D eigenvalue weighted by atomic mass is 10.2. The molecular weight excluding hydrogens is 192 g/mol. The fourth-order valence-corrected chi connectivity index (χ4v) is 0.658. The van der Waals surface area contributed by atoms with E-state index in [0.29, 0.717) is 0 Å². The lowest BCUT2D eigenvalue weighted by Crippen LogP contribution is -2.35. The van der Waals surface area contributed by atoms with Crippen molar-refractivity contribution in [2.75, 3.05) is 0 Å². The molecule has 6 nitrogen and oxygen atoms in total. The number of Topliss-reactive ketones (excluding diaryl/α,β-unsaturated/α-hetero) is 1. The molecule has 0 saturated carbocycles. The summed E-state index contributed by atoms with van der Waals surface area (Å²) in [5.74, 6) is -3.55. The normalized spacial score (nSPS) is 11.4. The number of rotatable bonds is 3. The SMILES string of the molecule is CC(=O)OC(=O)C(OC(C)=O)C(C)=O. The Hall–Kier alpha value is -1.72. The zero-order chi connectivity index (χ0) is 11.3. The Kier molecular flexibility index (Phi) is 4.48. The predicted molar refractivity (Wildman–Crippen MR) is 43.0 cm³/mol. The minimum absolute atomic E-state index is 0.702. The molecule has 0 heterocycles. The van der Waals surface area contributed by atoms with Crippen molar-refractivity contribution in [2.45, 2.75) is 26.9 Å². The topological polar surface area (TPSA) is 86.7 Å². The highest BCUT2D eigenvalue weighted by molar-refractivity contribution is 6.04. The van der Waals surface area contributed by atoms with Crippen LogP contribution in [0.1, 0.15) is 20.8 Å². The molecule has 0 aromatic rings. The molecule has 0 aromatic carbocycles. The minimum atomic E-state index is -1.66. The van der Waals surface area contributed by atoms with Crippen LogP contribution in [0, 0.1) is 0 Å². The third kappa shape index (κ3) is 4.34. The number of hydrogen-bond acceptors (Lipinski definition) is 6. The second kappa shape index (κ2) is 5.11. The molecule has 0 radical (unpaired) electrons. The van der Waals surface area contributed by atoms with E-state index in [4.69, 9.17) is 0 Å². The van der Waals surface area contributed by atoms with Gasteiger partial charge >= 0.3 is 17.9 Å². The van der Waals surface area contributed by atoms with E-state index in [1.807, 2.05) is 0 Å². The van der Waals surface area contributed by atoms with Crippen molar-refractivity contribution in [2.24, 2.45) is 0 Å². The first-order valence-electron chi connectivity index (χ1n) is 3.74. The van der Waals surface area contributed by atoms with Gasteiger partial charge in [0, 0.05) is 13.8 Å². The number of hydrogen-bond donors (Lipinski definition) is 0. The molecular formula is C8H10O6. The summed E-state index contributed by atoms with van der Waals surface area (Å²) in [6, 6.07) is 0. The van der Waals surface area contributed by atoms with Gasteiger partial charge < -0.3 is 9.47 Å². The van der Waals surface area contributed by atoms with Crippen molar-refractivity contribution in [1.29, 1.82) is 0 Å². The van der Waals surface area contributed by atoms with Crippen LogP contribution in [-0.4, -0.2) is 29.8 Å². The number of ketones is 1. The van der Waals surface area contributed by atoms with E-state index in [2.05, 4.69) is 9.47 Å². The van der Waals surface area contributed by atoms with Gasteiger partial charge in [-0.1, -0.05) is 0 Å². The lowest BCUT2D eigenvalue weighted by Gasteiger charge is -2.10. The number of carbonyl (C=O) groups excluding carboxylic acids is 4. The smallest absolute Gasteiger partial charge is 0.362 e. The molecule has 0 aliphatic carbocycles. The third-order valence-electron chi connectivity index (χ3n) is 1.11. The van der Waals surface area contributed by atoms with Crippen molar-refractivity contribution < 1.29 is 28.7 Å². The molecule has 1 atom stereocenters. The van der Waals surface area contributed by atoms with Gasteiger partial charge in [0.05, 0.1) is 0 Å². The zero-order valence-corrected chi connectivity index (χ0v) is 8.03. The van der Waals surface area contributed by atoms with Gasteiger partial charge in [0.1, 0.15) is 0 Å². The van der Waals surface area contributed by atoms with Crippen LogP contribution in [0.5, 0.6) is 0 Å². The molecule has 0 bridgehead atoms. The highest BCUT2D eigenvalue weighted by atomic mass is 16.6. The first-order valence-corrected chi connectivity index (χ1v) is 3.74. The van der Waals surface area contributed by atoms with E-state index in [9.17, 15) is 19.2 Å². The Morgan fingerprint density at radius 3 is 1.71 bits per heavy atom. The van der Waals surface area contributed by atoms with E-state index in [1.54, 1.807) is 0 Å². The van der Waals surface area contributed by atoms with Crippen LogP contribution in [-0.2, 0) is 28.7 Å². The van der Waals surface area contributed by atoms with E-state index >= 15 is 0 Å². The van der Waals surface area contributed by atoms with Crippen LogP contribution >= 0.6 is 0 Å². The Bertz CT molecular complexity index is 280. The van der Waals surface area contributed by atoms with Gasteiger partial charge in [-0.05, 0) is 6.92 Å². The Balaban J connectivity index is 4.49. The molecule has 6 heteroatoms. The average Bonchev–Trinajstić information content (AvgIpc) is 1.97. The number of ether oxygens (including phenoxy) is 2. The van der Waals surface area contributed by atoms with Gasteiger partial charge in [-0.15, -0.1) is 0 Å². The summed E-state index contributed by atoms with van der Waals surface area (Å²) in [5, 5.41) is 0. The maximum Gasteiger partial charge on any atom is 0.362 e. The fraction of sp³-hybridized carbons (Fsp3) is 0.500. The van der Waals surface area contributed by atoms with Gasteiger partial charge in [0.2, 0.25) is 0 Å². The molecule has 0 spiro atoms. The molecule has 0 saturated heterocycles. The molecule has 0 amide bonds. The van der Waals surface area contributed by atoms with Crippen LogP contribution in [0.3, 0.4) is 0 Å². The van der Waals surface area contributed by atoms with Crippen molar-refractivity contribution in [3.05, 3.63) is 0 Å². The van der Waals surface area contributed by atoms with Crippen LogP contribution in [0.15, 0.2) is 0 Å². The molecule has 1 unspecified atom stereocenters. The summed E-state index contributed by atoms with van der Waals surface area (Å²) in [6.45, 7) is 3.09. The standard InChI is InChI=1S/C8H10O6/c1-4(9)7(13-5(2)10)8(12)14-6(3)11/h7H,1-3H3. The summed E-state index contributed by atoms with van der Waals surface area (Å²) in [4.78, 5) is 42.7. The number of carbonyl (C=O) groups is 4. The van der Waals surface area contributed by atoms with E-state index in [0.717, 1.165) is 20.8 Å². The van der Waals surface area contributed by atoms with Crippen LogP contribution in [0.2, 0.25) is 0 Å². The molecule has 0 aromatic heterocycles. The maximum atomic E-state index is 11.0. The van der Waals surface area contributed by atoms with E-state index in [1.165, 1.54) is 0 Å². The molecule has 0 N–H and O–H groups in total. The van der Waals surface area contributed by atoms with Crippen molar-refractivity contribution in [3.63, 3.8) is 0 Å². The summed E-state index contributed by atoms with van der Waals surface area (Å²) in [7, 11) is 0. The van der Waals surface area contributed by atoms with Crippen LogP contribution < -0.4 is 0 Å². The highest BCUT2D eigenvalue weighted by Gasteiger charge is 2.29. The second-order valence-electron chi connectivity index (χ2n) is 2.51. The Morgan fingerprint density at radius 1 is 0.929 bits per heavy atom. The first kappa shape index (κ1) is 12.3. The Labute approximate surface area is 80.2 Å². The minimum Gasteiger partial charge on any atom is -0.442 e. The quantitative estimate of drug-likeness (QED) is 0.457. The van der Waals surface area contributed by atoms with Crippen LogP contribution in [0.25, 0.3) is 0 Å². The predicted octanol–water partition coefficient (Wildman–Crippen LogP) is -0.403. The maximum absolute atomic E-state index is 11.0. The molecule has 78 valence electrons. The van der Waals surface area contributed by atoms with Gasteiger partial charge in [0.15, 0.2) is 5.78 Å². The molecule has 14 heavy (non-hydrogen) atoms. The highest BCUT2D eigenvalue weighted by Crippen LogP contribution is 1.99. The monoisotopic (exact) mass is 202 g/mol. The molecule has 0 rings (SSSR count). The van der Waals surface area contributed by atoms with Crippen molar-refractivity contribution >= 4 is 23.7 Å². The Morgan fingerprint density at radius 2 is 1.43 bits per heavy atom. The molecule has 0 aliphatic rings. The summed E-state index contributed by atoms with van der Waals surface area (Å²) < 4.78 is 8.46. The van der Waals surface area contributed by atoms with Gasteiger partial charge in [-0.3, -0.25) is 14.4 Å². The lowest BCUT2D eigenvalue weighted by molar-refractivity contribution is -0.174. The third-order valence-corrected chi connectivity index (χ3v) is 1.11. The zero-order valence-electron chi connectivity index (χ0n) is 8.03. The summed E-state index contributed by atoms with van der Waals surface area (Å²) in [6.07, 6.45) is -1.66. The molecule has 0 aliphatic heterocycles. The summed E-state index contributed by atoms with van der Waals surface area (Å²) >= 11 is 0. The number of esters is 3. The van der Waals surface area contributed by atoms with Crippen molar-refractivity contribution in [1.82, 2.24) is 0 Å². The van der Waals surface area contributed by atoms with E-state index < -0.39 is 29.8 Å². The summed E-state index contributed by atoms with van der Waals surface area (Å²) in [5.41, 5.74) is 0. The van der Waals surface area contributed by atoms with Gasteiger partial charge in [0.25, 0.3) is 6.10 Å². The average molecular weight is 202 g/mol. The van der Waals surface area contributed by atoms with Crippen LogP contribution in [0.4, 0.5) is 0 Å². The van der Waals surface area contributed by atoms with Crippen molar-refractivity contribution in [3.8, 4) is 0 Å². The second-order valence-corrected chi connectivity index (χ2v) is 2.51. The largest absolute Gasteiger partial charge is 0.442 e. The van der Waals surface area contributed by atoms with Gasteiger partial charge in [-0.2, -0.15) is 0 Å². The van der Waals surface area contributed by atoms with Gasteiger partial charge in [-0.25, -0.2) is 4.79 Å². The fourth-order valence-electron chi connectivity index (χ4n) is 0.658. The first-order chi connectivity index (χ1) is 6.34.